The number of rotatable bonds is 4. The molecule has 6 heteroatoms. The van der Waals surface area contributed by atoms with Gasteiger partial charge >= 0.3 is 0 Å². The van der Waals surface area contributed by atoms with Crippen LogP contribution in [-0.2, 0) is 0 Å². The Morgan fingerprint density at radius 3 is 2.70 bits per heavy atom. The maximum absolute atomic E-state index is 9.93. The van der Waals surface area contributed by atoms with Gasteiger partial charge in [0.25, 0.3) is 0 Å². The van der Waals surface area contributed by atoms with E-state index < -0.39 is 0 Å². The molecule has 5 nitrogen and oxygen atoms in total. The summed E-state index contributed by atoms with van der Waals surface area (Å²) in [4.78, 5) is 15.2. The van der Waals surface area contributed by atoms with Gasteiger partial charge in [-0.3, -0.25) is 0 Å². The monoisotopic (exact) mass is 384 g/mol. The van der Waals surface area contributed by atoms with Crippen molar-refractivity contribution in [2.24, 2.45) is 0 Å². The fraction of sp³-hybridized carbons (Fsp3) is 0.524. The molecule has 2 aliphatic heterocycles. The molecule has 3 heterocycles. The minimum absolute atomic E-state index is 0.244. The molecular formula is C21H28N4OS. The first-order valence-electron chi connectivity index (χ1n) is 9.92. The number of anilines is 2. The Labute approximate surface area is 165 Å². The predicted molar refractivity (Wildman–Crippen MR) is 112 cm³/mol. The lowest BCUT2D eigenvalue weighted by Crippen LogP contribution is -2.39. The summed E-state index contributed by atoms with van der Waals surface area (Å²) >= 11 is 2.00. The minimum Gasteiger partial charge on any atom is -0.391 e. The smallest absolute Gasteiger partial charge is 0.227 e. The van der Waals surface area contributed by atoms with Crippen LogP contribution in [0.2, 0.25) is 0 Å². The van der Waals surface area contributed by atoms with Gasteiger partial charge in [0.15, 0.2) is 0 Å². The van der Waals surface area contributed by atoms with Crippen LogP contribution in [0.1, 0.15) is 31.2 Å². The quantitative estimate of drug-likeness (QED) is 0.871. The molecule has 4 rings (SSSR count). The summed E-state index contributed by atoms with van der Waals surface area (Å²) in [6.45, 7) is 5.78. The third kappa shape index (κ3) is 4.74. The highest BCUT2D eigenvalue weighted by Gasteiger charge is 2.23. The van der Waals surface area contributed by atoms with Gasteiger partial charge in [-0.05, 0) is 50.8 Å². The van der Waals surface area contributed by atoms with E-state index in [4.69, 9.17) is 4.98 Å². The van der Waals surface area contributed by atoms with Gasteiger partial charge in [-0.15, -0.1) is 11.8 Å². The standard InChI is InChI=1S/C21H28N4OS/c1-16-4-2-6-19(14-16)27-18-8-12-24(13-9-18)21-22-10-7-20(23-21)25-11-3-5-17(26)15-25/h2,4,6-7,10,14,17-18,26H,3,5,8-9,11-13,15H2,1H3. The Kier molecular flexibility index (Phi) is 5.83. The summed E-state index contributed by atoms with van der Waals surface area (Å²) in [5.41, 5.74) is 1.32. The van der Waals surface area contributed by atoms with Crippen molar-refractivity contribution in [3.8, 4) is 0 Å². The van der Waals surface area contributed by atoms with Crippen molar-refractivity contribution < 1.29 is 5.11 Å². The number of piperidine rings is 2. The summed E-state index contributed by atoms with van der Waals surface area (Å²) in [6.07, 6.45) is 5.81. The highest BCUT2D eigenvalue weighted by molar-refractivity contribution is 8.00. The van der Waals surface area contributed by atoms with E-state index in [2.05, 4.69) is 46.0 Å². The number of benzene rings is 1. The second-order valence-corrected chi connectivity index (χ2v) is 8.95. The summed E-state index contributed by atoms with van der Waals surface area (Å²) in [7, 11) is 0. The van der Waals surface area contributed by atoms with E-state index in [1.807, 2.05) is 24.0 Å². The lowest BCUT2D eigenvalue weighted by molar-refractivity contribution is 0.154. The van der Waals surface area contributed by atoms with Crippen LogP contribution in [0.15, 0.2) is 41.4 Å². The zero-order valence-corrected chi connectivity index (χ0v) is 16.7. The van der Waals surface area contributed by atoms with Crippen molar-refractivity contribution in [3.05, 3.63) is 42.1 Å². The van der Waals surface area contributed by atoms with Crippen LogP contribution in [0.25, 0.3) is 0 Å². The number of β-amino-alcohol motifs (C(OH)–C–C–N with tert-alkyl or cyclic N) is 1. The Hall–Kier alpha value is -1.79. The molecule has 0 amide bonds. The Balaban J connectivity index is 1.36. The molecule has 2 aromatic rings. The molecule has 0 aliphatic carbocycles. The number of aryl methyl sites for hydroxylation is 1. The van der Waals surface area contributed by atoms with Gasteiger partial charge < -0.3 is 14.9 Å². The predicted octanol–water partition coefficient (Wildman–Crippen LogP) is 3.51. The highest BCUT2D eigenvalue weighted by Crippen LogP contribution is 2.32. The zero-order valence-electron chi connectivity index (χ0n) is 15.9. The van der Waals surface area contributed by atoms with E-state index >= 15 is 0 Å². The Morgan fingerprint density at radius 1 is 1.07 bits per heavy atom. The second-order valence-electron chi connectivity index (χ2n) is 7.58. The largest absolute Gasteiger partial charge is 0.391 e. The topological polar surface area (TPSA) is 52.5 Å². The molecule has 0 radical (unpaired) electrons. The molecule has 1 atom stereocenters. The van der Waals surface area contributed by atoms with E-state index in [0.29, 0.717) is 11.8 Å². The second kappa shape index (κ2) is 8.48. The van der Waals surface area contributed by atoms with Gasteiger partial charge in [0.2, 0.25) is 5.95 Å². The van der Waals surface area contributed by atoms with Gasteiger partial charge in [-0.2, -0.15) is 4.98 Å². The average Bonchev–Trinajstić information content (AvgIpc) is 2.69. The molecule has 27 heavy (non-hydrogen) atoms. The molecule has 144 valence electrons. The van der Waals surface area contributed by atoms with E-state index in [1.165, 1.54) is 10.5 Å². The van der Waals surface area contributed by atoms with E-state index in [-0.39, 0.29) is 6.10 Å². The van der Waals surface area contributed by atoms with Crippen LogP contribution in [0.5, 0.6) is 0 Å². The van der Waals surface area contributed by atoms with Crippen molar-refractivity contribution in [1.29, 1.82) is 0 Å². The molecule has 2 fully saturated rings. The number of nitrogens with zero attached hydrogens (tertiary/aromatic N) is 4. The normalized spacial score (nSPS) is 21.5. The molecule has 2 aliphatic rings. The van der Waals surface area contributed by atoms with Crippen molar-refractivity contribution in [1.82, 2.24) is 9.97 Å². The van der Waals surface area contributed by atoms with Gasteiger partial charge in [0.05, 0.1) is 6.10 Å². The lowest BCUT2D eigenvalue weighted by Gasteiger charge is -2.34. The number of aromatic nitrogens is 2. The first-order valence-corrected chi connectivity index (χ1v) is 10.8. The number of thioether (sulfide) groups is 1. The molecule has 1 unspecified atom stereocenters. The molecule has 0 saturated carbocycles. The van der Waals surface area contributed by atoms with Crippen LogP contribution in [0, 0.1) is 6.92 Å². The molecular weight excluding hydrogens is 356 g/mol. The molecule has 1 aromatic heterocycles. The van der Waals surface area contributed by atoms with Crippen molar-refractivity contribution in [3.63, 3.8) is 0 Å². The van der Waals surface area contributed by atoms with Gasteiger partial charge in [-0.1, -0.05) is 17.7 Å². The van der Waals surface area contributed by atoms with E-state index in [0.717, 1.165) is 57.1 Å². The summed E-state index contributed by atoms with van der Waals surface area (Å²) in [5, 5.41) is 10.6. The molecule has 0 spiro atoms. The third-order valence-electron chi connectivity index (χ3n) is 5.37. The Morgan fingerprint density at radius 2 is 1.93 bits per heavy atom. The molecule has 2 saturated heterocycles. The van der Waals surface area contributed by atoms with Gasteiger partial charge in [-0.25, -0.2) is 4.98 Å². The van der Waals surface area contributed by atoms with Crippen LogP contribution < -0.4 is 9.80 Å². The summed E-state index contributed by atoms with van der Waals surface area (Å²) in [5.74, 6) is 1.77. The lowest BCUT2D eigenvalue weighted by atomic mass is 10.1. The van der Waals surface area contributed by atoms with Gasteiger partial charge in [0, 0.05) is 42.5 Å². The first-order chi connectivity index (χ1) is 13.2. The minimum atomic E-state index is -0.244. The number of hydrogen-bond acceptors (Lipinski definition) is 6. The number of hydrogen-bond donors (Lipinski definition) is 1. The van der Waals surface area contributed by atoms with Crippen LogP contribution in [-0.4, -0.2) is 52.6 Å². The summed E-state index contributed by atoms with van der Waals surface area (Å²) < 4.78 is 0. The van der Waals surface area contributed by atoms with E-state index in [1.54, 1.807) is 0 Å². The van der Waals surface area contributed by atoms with Crippen molar-refractivity contribution >= 4 is 23.5 Å². The van der Waals surface area contributed by atoms with E-state index in [9.17, 15) is 5.11 Å². The zero-order chi connectivity index (χ0) is 18.6. The van der Waals surface area contributed by atoms with Crippen LogP contribution >= 0.6 is 11.8 Å². The highest BCUT2D eigenvalue weighted by atomic mass is 32.2. The fourth-order valence-electron chi connectivity index (χ4n) is 3.89. The number of aliphatic hydroxyl groups excluding tert-OH is 1. The van der Waals surface area contributed by atoms with Crippen LogP contribution in [0.3, 0.4) is 0 Å². The van der Waals surface area contributed by atoms with Gasteiger partial charge in [0.1, 0.15) is 5.82 Å². The first kappa shape index (κ1) is 18.6. The van der Waals surface area contributed by atoms with Crippen LogP contribution in [0.4, 0.5) is 11.8 Å². The fourth-order valence-corrected chi connectivity index (χ4v) is 5.13. The Bertz CT molecular complexity index is 763. The summed E-state index contributed by atoms with van der Waals surface area (Å²) in [6, 6.07) is 10.7. The number of aliphatic hydroxyl groups is 1. The average molecular weight is 385 g/mol. The van der Waals surface area contributed by atoms with Crippen molar-refractivity contribution in [2.75, 3.05) is 36.0 Å². The maximum Gasteiger partial charge on any atom is 0.227 e. The SMILES string of the molecule is Cc1cccc(SC2CCN(c3nccc(N4CCCC(O)C4)n3)CC2)c1. The molecule has 0 bridgehead atoms. The van der Waals surface area contributed by atoms with Crippen molar-refractivity contribution in [2.45, 2.75) is 48.9 Å². The molecule has 1 N–H and O–H groups in total. The maximum atomic E-state index is 9.93. The molecule has 1 aromatic carbocycles. The third-order valence-corrected chi connectivity index (χ3v) is 6.70.